The summed E-state index contributed by atoms with van der Waals surface area (Å²) in [7, 11) is 0. The molecule has 1 unspecified atom stereocenters. The minimum absolute atomic E-state index is 0.151. The van der Waals surface area contributed by atoms with Crippen molar-refractivity contribution in [3.05, 3.63) is 130 Å². The predicted molar refractivity (Wildman–Crippen MR) is 186 cm³/mol. The van der Waals surface area contributed by atoms with Crippen LogP contribution in [0.1, 0.15) is 35.8 Å². The van der Waals surface area contributed by atoms with Gasteiger partial charge in [-0.3, -0.25) is 19.1 Å². The molecule has 1 fully saturated rings. The molecule has 2 aromatic heterocycles. The largest absolute Gasteiger partial charge is 0.491 e. The molecule has 0 spiro atoms. The Morgan fingerprint density at radius 1 is 0.909 bits per heavy atom. The first kappa shape index (κ1) is 39.4. The van der Waals surface area contributed by atoms with E-state index in [9.17, 15) is 49.5 Å². The van der Waals surface area contributed by atoms with Crippen LogP contribution in [0.4, 0.5) is 35.1 Å². The maximum atomic E-state index is 14.8. The zero-order chi connectivity index (χ0) is 39.5. The highest BCUT2D eigenvalue weighted by Gasteiger charge is 2.46. The van der Waals surface area contributed by atoms with Gasteiger partial charge in [-0.2, -0.15) is 26.3 Å². The number of carbonyl (C=O) groups excluding carboxylic acids is 2. The molecular formula is C38H30F8N4O4S. The van der Waals surface area contributed by atoms with Gasteiger partial charge < -0.3 is 15.0 Å². The van der Waals surface area contributed by atoms with E-state index in [1.165, 1.54) is 47.5 Å². The van der Waals surface area contributed by atoms with Crippen molar-refractivity contribution in [1.29, 1.82) is 0 Å². The number of nitrogens with zero attached hydrogens (tertiary/aromatic N) is 3. The highest BCUT2D eigenvalue weighted by molar-refractivity contribution is 7.98. The fourth-order valence-electron chi connectivity index (χ4n) is 6.19. The first-order valence-corrected chi connectivity index (χ1v) is 17.7. The van der Waals surface area contributed by atoms with Gasteiger partial charge in [-0.15, -0.1) is 11.8 Å². The first-order valence-electron chi connectivity index (χ1n) is 16.7. The number of pyridine rings is 2. The number of amides is 1. The first-order chi connectivity index (χ1) is 26.1. The normalized spacial score (nSPS) is 14.5. The molecule has 5 aromatic rings. The lowest BCUT2D eigenvalue weighted by atomic mass is 10.0. The molecule has 17 heteroatoms. The molecule has 1 amide bonds. The van der Waals surface area contributed by atoms with Crippen molar-refractivity contribution in [1.82, 2.24) is 19.8 Å². The second-order valence-electron chi connectivity index (χ2n) is 12.6. The molecule has 0 aliphatic carbocycles. The fraction of sp³-hybridized carbons (Fsp3) is 0.263. The average Bonchev–Trinajstić information content (AvgIpc) is 3.16. The van der Waals surface area contributed by atoms with Gasteiger partial charge in [0.1, 0.15) is 5.52 Å². The summed E-state index contributed by atoms with van der Waals surface area (Å²) in [5.41, 5.74) is -0.588. The number of piperidine rings is 1. The number of halogens is 8. The van der Waals surface area contributed by atoms with Gasteiger partial charge in [0.2, 0.25) is 5.43 Å². The van der Waals surface area contributed by atoms with Crippen LogP contribution < -0.4 is 10.7 Å². The molecule has 8 nitrogen and oxygen atoms in total. The summed E-state index contributed by atoms with van der Waals surface area (Å²) in [6, 6.07) is 17.4. The zero-order valence-corrected chi connectivity index (χ0v) is 29.3. The Labute approximate surface area is 312 Å². The van der Waals surface area contributed by atoms with Crippen LogP contribution in [-0.4, -0.2) is 51.6 Å². The van der Waals surface area contributed by atoms with E-state index in [2.05, 4.69) is 10.3 Å². The maximum Gasteiger partial charge on any atom is 0.491 e. The molecule has 0 saturated carbocycles. The number of aromatic nitrogens is 2. The number of hydrogen-bond donors (Lipinski definition) is 1. The van der Waals surface area contributed by atoms with Gasteiger partial charge in [-0.1, -0.05) is 48.5 Å². The fourth-order valence-corrected chi connectivity index (χ4v) is 7.24. The number of nitrogens with one attached hydrogen (secondary N) is 1. The molecule has 0 bridgehead atoms. The second-order valence-corrected chi connectivity index (χ2v) is 13.6. The van der Waals surface area contributed by atoms with E-state index < -0.39 is 59.1 Å². The summed E-state index contributed by atoms with van der Waals surface area (Å²) < 4.78 is 116. The number of carbonyl (C=O) groups is 2. The second kappa shape index (κ2) is 16.2. The summed E-state index contributed by atoms with van der Waals surface area (Å²) in [6.45, 7) is 0.698. The van der Waals surface area contributed by atoms with Gasteiger partial charge in [0.25, 0.3) is 12.1 Å². The molecular weight excluding hydrogens is 760 g/mol. The van der Waals surface area contributed by atoms with Crippen LogP contribution in [0.3, 0.4) is 0 Å². The van der Waals surface area contributed by atoms with Crippen molar-refractivity contribution in [3.8, 4) is 11.1 Å². The number of fused-ring (bicyclic) bond motifs is 1. The standard InChI is InChI=1S/C38H30F8N4O4S/c39-28-4-1-3-25(32(28)40)21-55-31-19-30(51)33-29(5-2-16-48-33)50(31)35(54-36(53)38(44,45)46)34(52)49(27-14-17-47-18-15-27)20-22-6-8-23(9-7-22)24-10-12-26(13-11-24)37(41,42)43/h1-13,16,19,27,35,47H,14-15,17-18,20-21H2. The Kier molecular flexibility index (Phi) is 11.6. The summed E-state index contributed by atoms with van der Waals surface area (Å²) >= 11 is 0.698. The van der Waals surface area contributed by atoms with Crippen molar-refractivity contribution in [2.45, 2.75) is 54.8 Å². The third-order valence-electron chi connectivity index (χ3n) is 8.96. The lowest BCUT2D eigenvalue weighted by Crippen LogP contribution is -2.49. The molecule has 1 aliphatic heterocycles. The lowest BCUT2D eigenvalue weighted by molar-refractivity contribution is -0.211. The average molecular weight is 791 g/mol. The molecule has 1 aliphatic rings. The van der Waals surface area contributed by atoms with Crippen molar-refractivity contribution >= 4 is 34.7 Å². The number of esters is 1. The van der Waals surface area contributed by atoms with Gasteiger partial charge >= 0.3 is 18.3 Å². The van der Waals surface area contributed by atoms with E-state index >= 15 is 0 Å². The Morgan fingerprint density at radius 3 is 2.20 bits per heavy atom. The Morgan fingerprint density at radius 2 is 1.56 bits per heavy atom. The molecule has 288 valence electrons. The van der Waals surface area contributed by atoms with E-state index in [1.807, 2.05) is 0 Å². The van der Waals surface area contributed by atoms with Crippen LogP contribution in [0.15, 0.2) is 101 Å². The smallest absolute Gasteiger partial charge is 0.425 e. The van der Waals surface area contributed by atoms with E-state index in [0.717, 1.165) is 28.8 Å². The van der Waals surface area contributed by atoms with Gasteiger partial charge in [-0.05, 0) is 73.0 Å². The Balaban J connectivity index is 1.42. The van der Waals surface area contributed by atoms with Crippen LogP contribution in [0.5, 0.6) is 0 Å². The summed E-state index contributed by atoms with van der Waals surface area (Å²) in [6.07, 6.45) is -10.4. The Hall–Kier alpha value is -5.29. The van der Waals surface area contributed by atoms with Crippen molar-refractivity contribution < 1.29 is 49.4 Å². The van der Waals surface area contributed by atoms with Crippen LogP contribution >= 0.6 is 11.8 Å². The van der Waals surface area contributed by atoms with E-state index in [1.54, 1.807) is 24.3 Å². The Bertz CT molecular complexity index is 2240. The number of thioether (sulfide) groups is 1. The molecule has 1 N–H and O–H groups in total. The van der Waals surface area contributed by atoms with Crippen LogP contribution in [-0.2, 0) is 32.8 Å². The van der Waals surface area contributed by atoms with E-state index in [0.29, 0.717) is 54.4 Å². The van der Waals surface area contributed by atoms with Crippen molar-refractivity contribution in [2.75, 3.05) is 13.1 Å². The topological polar surface area (TPSA) is 93.5 Å². The SMILES string of the molecule is O=C(C(OC(=O)C(F)(F)F)n1c(SCc2cccc(F)c2F)cc(=O)c2ncccc21)N(Cc1ccc(-c2ccc(C(F)(F)F)cc2)cc1)C1CCNCC1. The molecule has 1 atom stereocenters. The zero-order valence-electron chi connectivity index (χ0n) is 28.5. The third-order valence-corrected chi connectivity index (χ3v) is 10.0. The molecule has 6 rings (SSSR count). The van der Waals surface area contributed by atoms with Crippen LogP contribution in [0.2, 0.25) is 0 Å². The number of rotatable bonds is 10. The number of alkyl halides is 6. The quantitative estimate of drug-likeness (QED) is 0.0870. The third kappa shape index (κ3) is 8.99. The van der Waals surface area contributed by atoms with Crippen LogP contribution in [0, 0.1) is 11.6 Å². The molecule has 3 aromatic carbocycles. The highest BCUT2D eigenvalue weighted by Crippen LogP contribution is 2.34. The van der Waals surface area contributed by atoms with Crippen molar-refractivity contribution in [2.24, 2.45) is 0 Å². The van der Waals surface area contributed by atoms with Crippen LogP contribution in [0.25, 0.3) is 22.2 Å². The van der Waals surface area contributed by atoms with Gasteiger partial charge in [0.05, 0.1) is 16.1 Å². The maximum absolute atomic E-state index is 14.8. The highest BCUT2D eigenvalue weighted by atomic mass is 32.2. The monoisotopic (exact) mass is 790 g/mol. The van der Waals surface area contributed by atoms with E-state index in [4.69, 9.17) is 4.74 Å². The minimum atomic E-state index is -5.54. The predicted octanol–water partition coefficient (Wildman–Crippen LogP) is 8.04. The summed E-state index contributed by atoms with van der Waals surface area (Å²) in [4.78, 5) is 45.9. The number of benzene rings is 3. The lowest BCUT2D eigenvalue weighted by Gasteiger charge is -2.37. The van der Waals surface area contributed by atoms with Gasteiger partial charge in [0, 0.05) is 36.2 Å². The van der Waals surface area contributed by atoms with Gasteiger partial charge in [-0.25, -0.2) is 13.6 Å². The molecule has 0 radical (unpaired) electrons. The number of hydrogen-bond acceptors (Lipinski definition) is 7. The summed E-state index contributed by atoms with van der Waals surface area (Å²) in [5, 5.41) is 2.95. The minimum Gasteiger partial charge on any atom is -0.425 e. The molecule has 3 heterocycles. The van der Waals surface area contributed by atoms with Gasteiger partial charge in [0.15, 0.2) is 11.6 Å². The molecule has 1 saturated heterocycles. The van der Waals surface area contributed by atoms with Crippen molar-refractivity contribution in [3.63, 3.8) is 0 Å². The molecule has 55 heavy (non-hydrogen) atoms. The number of ether oxygens (including phenoxy) is 1. The van der Waals surface area contributed by atoms with E-state index in [-0.39, 0.29) is 33.9 Å². The summed E-state index contributed by atoms with van der Waals surface area (Å²) in [5.74, 6) is -6.46.